The molecule has 114 valence electrons. The summed E-state index contributed by atoms with van der Waals surface area (Å²) < 4.78 is 13.6. The highest BCUT2D eigenvalue weighted by molar-refractivity contribution is 7.12. The van der Waals surface area contributed by atoms with Crippen LogP contribution in [0.3, 0.4) is 0 Å². The van der Waals surface area contributed by atoms with E-state index in [1.807, 2.05) is 37.3 Å². The third-order valence-electron chi connectivity index (χ3n) is 3.53. The molecule has 21 heavy (non-hydrogen) atoms. The second-order valence-corrected chi connectivity index (χ2v) is 7.83. The van der Waals surface area contributed by atoms with E-state index in [0.717, 1.165) is 29.8 Å². The molecular weight excluding hydrogens is 281 g/mol. The lowest BCUT2D eigenvalue weighted by Gasteiger charge is -2.15. The largest absolute Gasteiger partial charge is 0.308 e. The fourth-order valence-corrected chi connectivity index (χ4v) is 3.38. The maximum absolute atomic E-state index is 13.6. The Bertz CT molecular complexity index is 599. The van der Waals surface area contributed by atoms with Gasteiger partial charge < -0.3 is 5.32 Å². The number of halogens is 1. The molecule has 0 amide bonds. The third kappa shape index (κ3) is 4.14. The summed E-state index contributed by atoms with van der Waals surface area (Å²) in [6.07, 6.45) is 0. The summed E-state index contributed by atoms with van der Waals surface area (Å²) in [5, 5.41) is 3.44. The van der Waals surface area contributed by atoms with E-state index in [0.29, 0.717) is 0 Å². The van der Waals surface area contributed by atoms with Gasteiger partial charge in [-0.1, -0.05) is 32.9 Å². The Morgan fingerprint density at radius 3 is 2.19 bits per heavy atom. The molecule has 0 radical (unpaired) electrons. The van der Waals surface area contributed by atoms with Crippen LogP contribution in [0.15, 0.2) is 24.3 Å². The zero-order chi connectivity index (χ0) is 15.6. The summed E-state index contributed by atoms with van der Waals surface area (Å²) in [6.45, 7) is 12.0. The predicted molar refractivity (Wildman–Crippen MR) is 89.4 cm³/mol. The lowest BCUT2D eigenvalue weighted by Crippen LogP contribution is -2.12. The maximum Gasteiger partial charge on any atom is 0.129 e. The van der Waals surface area contributed by atoms with E-state index in [9.17, 15) is 4.39 Å². The minimum atomic E-state index is -0.0909. The van der Waals surface area contributed by atoms with Gasteiger partial charge in [0.05, 0.1) is 0 Å². The Morgan fingerprint density at radius 1 is 1.05 bits per heavy atom. The van der Waals surface area contributed by atoms with E-state index in [1.165, 1.54) is 9.75 Å². The maximum atomic E-state index is 13.6. The van der Waals surface area contributed by atoms with Crippen molar-refractivity contribution in [2.24, 2.45) is 0 Å². The lowest BCUT2D eigenvalue weighted by molar-refractivity contribution is 0.604. The zero-order valence-corrected chi connectivity index (χ0v) is 14.3. The van der Waals surface area contributed by atoms with Crippen LogP contribution in [0.25, 0.3) is 0 Å². The van der Waals surface area contributed by atoms with Crippen molar-refractivity contribution in [2.75, 3.05) is 0 Å². The van der Waals surface area contributed by atoms with Crippen molar-refractivity contribution >= 4 is 11.3 Å². The van der Waals surface area contributed by atoms with Gasteiger partial charge in [0.1, 0.15) is 5.82 Å². The summed E-state index contributed by atoms with van der Waals surface area (Å²) in [6, 6.07) is 8.25. The molecule has 1 nitrogen and oxygen atoms in total. The fraction of sp³-hybridized carbons (Fsp3) is 0.444. The van der Waals surface area contributed by atoms with Gasteiger partial charge in [-0.3, -0.25) is 0 Å². The highest BCUT2D eigenvalue weighted by atomic mass is 32.1. The minimum absolute atomic E-state index is 0.0909. The number of thiophene rings is 1. The molecule has 0 spiro atoms. The van der Waals surface area contributed by atoms with E-state index in [-0.39, 0.29) is 11.2 Å². The minimum Gasteiger partial charge on any atom is -0.308 e. The van der Waals surface area contributed by atoms with Crippen molar-refractivity contribution in [3.63, 3.8) is 0 Å². The van der Waals surface area contributed by atoms with Gasteiger partial charge in [-0.05, 0) is 48.1 Å². The van der Waals surface area contributed by atoms with Crippen LogP contribution in [0.5, 0.6) is 0 Å². The quantitative estimate of drug-likeness (QED) is 0.829. The van der Waals surface area contributed by atoms with Crippen LogP contribution in [0, 0.1) is 19.7 Å². The number of hydrogen-bond donors (Lipinski definition) is 1. The Morgan fingerprint density at radius 2 is 1.67 bits per heavy atom. The Labute approximate surface area is 131 Å². The predicted octanol–water partition coefficient (Wildman–Crippen LogP) is 5.09. The smallest absolute Gasteiger partial charge is 0.129 e. The molecule has 1 N–H and O–H groups in total. The van der Waals surface area contributed by atoms with Gasteiger partial charge in [0, 0.05) is 22.8 Å². The van der Waals surface area contributed by atoms with Crippen molar-refractivity contribution < 1.29 is 4.39 Å². The van der Waals surface area contributed by atoms with E-state index >= 15 is 0 Å². The summed E-state index contributed by atoms with van der Waals surface area (Å²) >= 11 is 1.86. The van der Waals surface area contributed by atoms with Crippen LogP contribution in [0.1, 0.15) is 47.2 Å². The number of rotatable bonds is 4. The highest BCUT2D eigenvalue weighted by Gasteiger charge is 2.15. The first kappa shape index (κ1) is 16.2. The van der Waals surface area contributed by atoms with Crippen molar-refractivity contribution in [2.45, 2.75) is 53.1 Å². The van der Waals surface area contributed by atoms with Gasteiger partial charge >= 0.3 is 0 Å². The SMILES string of the molecule is Cc1cc(CNCc2ccc(C(C)(C)C)s2)cc(C)c1F. The third-order valence-corrected chi connectivity index (χ3v) is 5.04. The number of aryl methyl sites for hydroxylation is 2. The average Bonchev–Trinajstić information content (AvgIpc) is 2.84. The van der Waals surface area contributed by atoms with Crippen LogP contribution < -0.4 is 5.32 Å². The molecule has 2 aromatic rings. The summed E-state index contributed by atoms with van der Waals surface area (Å²) in [7, 11) is 0. The molecule has 0 aliphatic rings. The van der Waals surface area contributed by atoms with Crippen LogP contribution in [-0.2, 0) is 18.5 Å². The molecule has 1 aromatic heterocycles. The average molecular weight is 305 g/mol. The van der Waals surface area contributed by atoms with Crippen LogP contribution in [0.2, 0.25) is 0 Å². The monoisotopic (exact) mass is 305 g/mol. The summed E-state index contributed by atoms with van der Waals surface area (Å²) in [5.41, 5.74) is 2.79. The van der Waals surface area contributed by atoms with E-state index in [2.05, 4.69) is 38.2 Å². The second kappa shape index (κ2) is 6.29. The van der Waals surface area contributed by atoms with Crippen LogP contribution >= 0.6 is 11.3 Å². The van der Waals surface area contributed by atoms with Crippen molar-refractivity contribution in [3.05, 3.63) is 56.5 Å². The lowest BCUT2D eigenvalue weighted by atomic mass is 9.95. The molecule has 2 rings (SSSR count). The molecule has 0 aliphatic carbocycles. The fourth-order valence-electron chi connectivity index (χ4n) is 2.34. The molecule has 0 bridgehead atoms. The van der Waals surface area contributed by atoms with E-state index in [4.69, 9.17) is 0 Å². The van der Waals surface area contributed by atoms with Crippen LogP contribution in [0.4, 0.5) is 4.39 Å². The number of nitrogens with one attached hydrogen (secondary N) is 1. The van der Waals surface area contributed by atoms with Gasteiger partial charge in [0.2, 0.25) is 0 Å². The highest BCUT2D eigenvalue weighted by Crippen LogP contribution is 2.29. The Kier molecular flexibility index (Phi) is 4.84. The molecule has 0 fully saturated rings. The molecular formula is C18H24FNS. The van der Waals surface area contributed by atoms with E-state index in [1.54, 1.807) is 0 Å². The molecule has 3 heteroatoms. The van der Waals surface area contributed by atoms with Crippen molar-refractivity contribution in [1.29, 1.82) is 0 Å². The molecule has 0 unspecified atom stereocenters. The number of hydrogen-bond acceptors (Lipinski definition) is 2. The van der Waals surface area contributed by atoms with Crippen molar-refractivity contribution in [1.82, 2.24) is 5.32 Å². The first-order valence-corrected chi connectivity index (χ1v) is 8.14. The standard InChI is InChI=1S/C18H24FNS/c1-12-8-14(9-13(2)17(12)19)10-20-11-15-6-7-16(21-15)18(3,4)5/h6-9,20H,10-11H2,1-5H3. The van der Waals surface area contributed by atoms with Crippen LogP contribution in [-0.4, -0.2) is 0 Å². The van der Waals surface area contributed by atoms with Gasteiger partial charge in [-0.2, -0.15) is 0 Å². The summed E-state index contributed by atoms with van der Waals surface area (Å²) in [5.74, 6) is -0.0909. The second-order valence-electron chi connectivity index (χ2n) is 6.66. The first-order chi connectivity index (χ1) is 9.77. The number of benzene rings is 1. The first-order valence-electron chi connectivity index (χ1n) is 7.33. The zero-order valence-electron chi connectivity index (χ0n) is 13.5. The van der Waals surface area contributed by atoms with E-state index < -0.39 is 0 Å². The molecule has 0 atom stereocenters. The normalized spacial score (nSPS) is 11.9. The molecule has 0 aliphatic heterocycles. The molecule has 1 aromatic carbocycles. The van der Waals surface area contributed by atoms with Gasteiger partial charge in [0.25, 0.3) is 0 Å². The Balaban J connectivity index is 1.94. The Hall–Kier alpha value is -1.19. The van der Waals surface area contributed by atoms with Gasteiger partial charge in [-0.25, -0.2) is 4.39 Å². The van der Waals surface area contributed by atoms with Gasteiger partial charge in [0.15, 0.2) is 0 Å². The topological polar surface area (TPSA) is 12.0 Å². The van der Waals surface area contributed by atoms with Gasteiger partial charge in [-0.15, -0.1) is 11.3 Å². The molecule has 1 heterocycles. The van der Waals surface area contributed by atoms with Crippen molar-refractivity contribution in [3.8, 4) is 0 Å². The molecule has 0 saturated carbocycles. The summed E-state index contributed by atoms with van der Waals surface area (Å²) in [4.78, 5) is 2.75. The molecule has 0 saturated heterocycles.